The van der Waals surface area contributed by atoms with Gasteiger partial charge in [0.05, 0.1) is 5.56 Å². The van der Waals surface area contributed by atoms with Crippen molar-refractivity contribution in [1.29, 1.82) is 0 Å². The van der Waals surface area contributed by atoms with Crippen LogP contribution in [0, 0.1) is 24.7 Å². The molecule has 0 aliphatic heterocycles. The molecule has 1 aromatic rings. The summed E-state index contributed by atoms with van der Waals surface area (Å²) in [4.78, 5) is 12.2. The average Bonchev–Trinajstić information content (AvgIpc) is 2.69. The van der Waals surface area contributed by atoms with E-state index in [2.05, 4.69) is 33.0 Å². The largest absolute Gasteiger partial charge is 0.352 e. The quantitative estimate of drug-likeness (QED) is 0.796. The van der Waals surface area contributed by atoms with Gasteiger partial charge in [0, 0.05) is 22.6 Å². The first-order chi connectivity index (χ1) is 9.55. The summed E-state index contributed by atoms with van der Waals surface area (Å²) >= 11 is 0.978. The SMILES string of the molecule is Cc1c(C(=O)NCC(C(C)C)C(C)C)csc1S(=O)(=O)Cl. The van der Waals surface area contributed by atoms with Gasteiger partial charge >= 0.3 is 0 Å². The van der Waals surface area contributed by atoms with E-state index in [4.69, 9.17) is 10.7 Å². The minimum absolute atomic E-state index is 0.0404. The van der Waals surface area contributed by atoms with Crippen LogP contribution in [0.1, 0.15) is 43.6 Å². The molecule has 0 saturated heterocycles. The summed E-state index contributed by atoms with van der Waals surface area (Å²) in [5.41, 5.74) is 0.795. The second kappa shape index (κ2) is 7.11. The molecule has 0 radical (unpaired) electrons. The maximum atomic E-state index is 12.2. The molecule has 1 rings (SSSR count). The van der Waals surface area contributed by atoms with E-state index in [1.54, 1.807) is 12.3 Å². The van der Waals surface area contributed by atoms with Crippen molar-refractivity contribution in [2.45, 2.75) is 38.8 Å². The Morgan fingerprint density at radius 2 is 1.81 bits per heavy atom. The first-order valence-corrected chi connectivity index (χ1v) is 10.1. The van der Waals surface area contributed by atoms with Gasteiger partial charge < -0.3 is 5.32 Å². The fraction of sp³-hybridized carbons (Fsp3) is 0.643. The Morgan fingerprint density at radius 1 is 1.29 bits per heavy atom. The van der Waals surface area contributed by atoms with Crippen LogP contribution < -0.4 is 5.32 Å². The van der Waals surface area contributed by atoms with E-state index in [0.717, 1.165) is 11.3 Å². The minimum Gasteiger partial charge on any atom is -0.352 e. The Kier molecular flexibility index (Phi) is 6.25. The molecule has 1 aromatic heterocycles. The van der Waals surface area contributed by atoms with Gasteiger partial charge in [-0.3, -0.25) is 4.79 Å². The molecule has 1 heterocycles. The predicted molar refractivity (Wildman–Crippen MR) is 87.6 cm³/mol. The molecule has 0 aromatic carbocycles. The van der Waals surface area contributed by atoms with Crippen LogP contribution in [0.25, 0.3) is 0 Å². The highest BCUT2D eigenvalue weighted by Gasteiger charge is 2.23. The fourth-order valence-corrected chi connectivity index (χ4v) is 4.96. The van der Waals surface area contributed by atoms with Gasteiger partial charge in [-0.15, -0.1) is 11.3 Å². The predicted octanol–water partition coefficient (Wildman–Crippen LogP) is 3.64. The van der Waals surface area contributed by atoms with Crippen molar-refractivity contribution in [3.8, 4) is 0 Å². The number of nitrogens with one attached hydrogen (secondary N) is 1. The first-order valence-electron chi connectivity index (χ1n) is 6.86. The molecule has 0 unspecified atom stereocenters. The van der Waals surface area contributed by atoms with Gasteiger partial charge in [-0.2, -0.15) is 0 Å². The maximum absolute atomic E-state index is 12.2. The van der Waals surface area contributed by atoms with Crippen molar-refractivity contribution in [3.63, 3.8) is 0 Å². The third-order valence-electron chi connectivity index (χ3n) is 3.67. The van der Waals surface area contributed by atoms with Crippen LogP contribution >= 0.6 is 22.0 Å². The molecule has 0 spiro atoms. The van der Waals surface area contributed by atoms with Crippen LogP contribution in [0.4, 0.5) is 0 Å². The van der Waals surface area contributed by atoms with E-state index < -0.39 is 9.05 Å². The summed E-state index contributed by atoms with van der Waals surface area (Å²) in [6.45, 7) is 10.7. The van der Waals surface area contributed by atoms with Gasteiger partial charge in [0.25, 0.3) is 15.0 Å². The van der Waals surface area contributed by atoms with Crippen molar-refractivity contribution >= 4 is 37.0 Å². The molecule has 1 amide bonds. The lowest BCUT2D eigenvalue weighted by Crippen LogP contribution is -2.34. The van der Waals surface area contributed by atoms with E-state index in [0.29, 0.717) is 35.4 Å². The Morgan fingerprint density at radius 3 is 2.19 bits per heavy atom. The zero-order valence-electron chi connectivity index (χ0n) is 12.9. The topological polar surface area (TPSA) is 63.2 Å². The van der Waals surface area contributed by atoms with Crippen molar-refractivity contribution in [2.24, 2.45) is 17.8 Å². The summed E-state index contributed by atoms with van der Waals surface area (Å²) in [6.07, 6.45) is 0. The van der Waals surface area contributed by atoms with Crippen LogP contribution in [0.2, 0.25) is 0 Å². The van der Waals surface area contributed by atoms with E-state index in [1.807, 2.05) is 0 Å². The van der Waals surface area contributed by atoms with E-state index in [9.17, 15) is 13.2 Å². The lowest BCUT2D eigenvalue weighted by atomic mass is 9.85. The van der Waals surface area contributed by atoms with Crippen molar-refractivity contribution < 1.29 is 13.2 Å². The second-order valence-electron chi connectivity index (χ2n) is 5.86. The molecule has 0 fully saturated rings. The molecule has 0 aliphatic rings. The number of amides is 1. The summed E-state index contributed by atoms with van der Waals surface area (Å²) in [7, 11) is 1.55. The van der Waals surface area contributed by atoms with Gasteiger partial charge in [0.15, 0.2) is 0 Å². The van der Waals surface area contributed by atoms with Crippen LogP contribution in [0.3, 0.4) is 0 Å². The molecule has 0 bridgehead atoms. The van der Waals surface area contributed by atoms with Gasteiger partial charge in [0.1, 0.15) is 4.21 Å². The highest BCUT2D eigenvalue weighted by atomic mass is 35.7. The Balaban J connectivity index is 2.84. The summed E-state index contributed by atoms with van der Waals surface area (Å²) < 4.78 is 22.8. The number of hydrogen-bond donors (Lipinski definition) is 1. The Bertz CT molecular complexity index is 598. The fourth-order valence-electron chi connectivity index (χ4n) is 2.41. The van der Waals surface area contributed by atoms with Crippen molar-refractivity contribution in [2.75, 3.05) is 6.54 Å². The molecular formula is C14H22ClNO3S2. The average molecular weight is 352 g/mol. The highest BCUT2D eigenvalue weighted by molar-refractivity contribution is 8.15. The molecule has 7 heteroatoms. The summed E-state index contributed by atoms with van der Waals surface area (Å²) in [5, 5.41) is 4.44. The van der Waals surface area contributed by atoms with Gasteiger partial charge in [-0.1, -0.05) is 27.7 Å². The molecule has 4 nitrogen and oxygen atoms in total. The molecule has 120 valence electrons. The lowest BCUT2D eigenvalue weighted by Gasteiger charge is -2.25. The van der Waals surface area contributed by atoms with E-state index in [1.165, 1.54) is 0 Å². The van der Waals surface area contributed by atoms with E-state index in [-0.39, 0.29) is 10.1 Å². The van der Waals surface area contributed by atoms with Crippen LogP contribution in [-0.4, -0.2) is 20.9 Å². The first kappa shape index (κ1) is 18.5. The summed E-state index contributed by atoms with van der Waals surface area (Å²) in [5.74, 6) is 1.06. The van der Waals surface area contributed by atoms with Gasteiger partial charge in [-0.05, 0) is 30.2 Å². The van der Waals surface area contributed by atoms with Crippen molar-refractivity contribution in [3.05, 3.63) is 16.5 Å². The number of hydrogen-bond acceptors (Lipinski definition) is 4. The zero-order valence-corrected chi connectivity index (χ0v) is 15.3. The number of thiophene rings is 1. The molecule has 21 heavy (non-hydrogen) atoms. The smallest absolute Gasteiger partial charge is 0.271 e. The molecule has 0 aliphatic carbocycles. The number of rotatable bonds is 6. The Labute approximate surface area is 135 Å². The van der Waals surface area contributed by atoms with Gasteiger partial charge in [-0.25, -0.2) is 8.42 Å². The standard InChI is InChI=1S/C14H22ClNO3S2/c1-8(2)11(9(3)4)6-16-13(17)12-7-20-14(10(12)5)21(15,18)19/h7-9,11H,6H2,1-5H3,(H,16,17). The van der Waals surface area contributed by atoms with Crippen LogP contribution in [-0.2, 0) is 9.05 Å². The van der Waals surface area contributed by atoms with Crippen LogP contribution in [0.5, 0.6) is 0 Å². The third kappa shape index (κ3) is 4.69. The molecule has 0 atom stereocenters. The Hall–Kier alpha value is -0.590. The normalized spacial score (nSPS) is 12.4. The second-order valence-corrected chi connectivity index (χ2v) is 9.50. The monoisotopic (exact) mass is 351 g/mol. The lowest BCUT2D eigenvalue weighted by molar-refractivity contribution is 0.0937. The van der Waals surface area contributed by atoms with Crippen LogP contribution in [0.15, 0.2) is 9.59 Å². The zero-order chi connectivity index (χ0) is 16.4. The highest BCUT2D eigenvalue weighted by Crippen LogP contribution is 2.29. The summed E-state index contributed by atoms with van der Waals surface area (Å²) in [6, 6.07) is 0. The van der Waals surface area contributed by atoms with Crippen molar-refractivity contribution in [1.82, 2.24) is 5.32 Å². The minimum atomic E-state index is -3.79. The third-order valence-corrected chi connectivity index (χ3v) is 6.98. The number of carbonyl (C=O) groups is 1. The van der Waals surface area contributed by atoms with E-state index >= 15 is 0 Å². The maximum Gasteiger partial charge on any atom is 0.271 e. The molecule has 1 N–H and O–H groups in total. The number of carbonyl (C=O) groups excluding carboxylic acids is 1. The van der Waals surface area contributed by atoms with Gasteiger partial charge in [0.2, 0.25) is 0 Å². The molecule has 0 saturated carbocycles. The number of halogens is 1. The molecular weight excluding hydrogens is 330 g/mol.